The second kappa shape index (κ2) is 2.92. The van der Waals surface area contributed by atoms with Gasteiger partial charge in [0.05, 0.1) is 12.2 Å². The third kappa shape index (κ3) is 1.35. The van der Waals surface area contributed by atoms with Gasteiger partial charge in [-0.25, -0.2) is 4.98 Å². The van der Waals surface area contributed by atoms with Crippen LogP contribution in [-0.2, 0) is 13.1 Å². The highest BCUT2D eigenvalue weighted by Gasteiger charge is 2.27. The zero-order chi connectivity index (χ0) is 10.3. The molecule has 0 saturated carbocycles. The lowest BCUT2D eigenvalue weighted by Crippen LogP contribution is -2.47. The fourth-order valence-corrected chi connectivity index (χ4v) is 1.88. The highest BCUT2D eigenvalue weighted by atomic mass is 16.1. The van der Waals surface area contributed by atoms with E-state index in [1.807, 2.05) is 11.5 Å². The lowest BCUT2D eigenvalue weighted by atomic mass is 10.0. The Balaban J connectivity index is 2.49. The van der Waals surface area contributed by atoms with Gasteiger partial charge in [-0.05, 0) is 20.8 Å². The predicted octanol–water partition coefficient (Wildman–Crippen LogP) is 0.886. The maximum absolute atomic E-state index is 10.9. The van der Waals surface area contributed by atoms with Crippen molar-refractivity contribution >= 4 is 6.29 Å². The molecule has 0 aromatic carbocycles. The molecule has 1 N–H and O–H groups in total. The molecule has 0 bridgehead atoms. The number of carbonyl (C=O) groups is 1. The summed E-state index contributed by atoms with van der Waals surface area (Å²) in [6.45, 7) is 7.67. The second-order valence-corrected chi connectivity index (χ2v) is 4.44. The summed E-state index contributed by atoms with van der Waals surface area (Å²) in [7, 11) is 0. The number of aldehydes is 1. The van der Waals surface area contributed by atoms with Gasteiger partial charge in [0.15, 0.2) is 6.29 Å². The smallest absolute Gasteiger partial charge is 0.168 e. The molecule has 0 spiro atoms. The zero-order valence-electron chi connectivity index (χ0n) is 8.79. The molecule has 0 unspecified atom stereocenters. The van der Waals surface area contributed by atoms with Gasteiger partial charge < -0.3 is 9.88 Å². The number of rotatable bonds is 1. The summed E-state index contributed by atoms with van der Waals surface area (Å²) in [5, 5.41) is 3.38. The molecule has 1 aliphatic heterocycles. The Morgan fingerprint density at radius 2 is 2.29 bits per heavy atom. The Hall–Kier alpha value is -1.16. The van der Waals surface area contributed by atoms with Crippen LogP contribution in [0.2, 0.25) is 0 Å². The average molecular weight is 193 g/mol. The van der Waals surface area contributed by atoms with E-state index >= 15 is 0 Å². The summed E-state index contributed by atoms with van der Waals surface area (Å²) in [5.74, 6) is 0.962. The Labute approximate surface area is 83.3 Å². The highest BCUT2D eigenvalue weighted by Crippen LogP contribution is 2.19. The van der Waals surface area contributed by atoms with E-state index in [0.717, 1.165) is 36.6 Å². The molecule has 0 atom stereocenters. The minimum Gasteiger partial charge on any atom is -0.323 e. The molecule has 0 amide bonds. The first-order valence-electron chi connectivity index (χ1n) is 4.80. The molecule has 0 fully saturated rings. The van der Waals surface area contributed by atoms with Crippen molar-refractivity contribution in [2.24, 2.45) is 0 Å². The van der Waals surface area contributed by atoms with Crippen LogP contribution in [0.3, 0.4) is 0 Å². The van der Waals surface area contributed by atoms with Crippen LogP contribution in [0.25, 0.3) is 0 Å². The number of imidazole rings is 1. The number of carbonyl (C=O) groups excluding carboxylic acids is 1. The Bertz CT molecular complexity index is 379. The fourth-order valence-electron chi connectivity index (χ4n) is 1.88. The molecule has 1 aliphatic rings. The molecule has 0 aliphatic carbocycles. The van der Waals surface area contributed by atoms with Crippen LogP contribution in [0.5, 0.6) is 0 Å². The standard InChI is InChI=1S/C10H15N3O/c1-7-8(5-14)13-6-10(2,3)11-4-9(13)12-7/h5,11H,4,6H2,1-3H3. The summed E-state index contributed by atoms with van der Waals surface area (Å²) in [6.07, 6.45) is 0.896. The molecular weight excluding hydrogens is 178 g/mol. The van der Waals surface area contributed by atoms with Gasteiger partial charge in [0, 0.05) is 12.1 Å². The van der Waals surface area contributed by atoms with Crippen molar-refractivity contribution in [3.63, 3.8) is 0 Å². The molecule has 1 aromatic rings. The first-order valence-corrected chi connectivity index (χ1v) is 4.80. The number of nitrogens with one attached hydrogen (secondary N) is 1. The van der Waals surface area contributed by atoms with Gasteiger partial charge in [-0.15, -0.1) is 0 Å². The van der Waals surface area contributed by atoms with E-state index in [1.165, 1.54) is 0 Å². The van der Waals surface area contributed by atoms with Crippen molar-refractivity contribution in [2.75, 3.05) is 0 Å². The summed E-state index contributed by atoms with van der Waals surface area (Å²) < 4.78 is 2.01. The monoisotopic (exact) mass is 193 g/mol. The first kappa shape index (κ1) is 9.40. The second-order valence-electron chi connectivity index (χ2n) is 4.44. The Morgan fingerprint density at radius 1 is 1.57 bits per heavy atom. The lowest BCUT2D eigenvalue weighted by Gasteiger charge is -2.32. The number of fused-ring (bicyclic) bond motifs is 1. The van der Waals surface area contributed by atoms with E-state index in [-0.39, 0.29) is 5.54 Å². The van der Waals surface area contributed by atoms with Gasteiger partial charge in [0.1, 0.15) is 11.5 Å². The maximum atomic E-state index is 10.9. The fraction of sp³-hybridized carbons (Fsp3) is 0.600. The summed E-state index contributed by atoms with van der Waals surface area (Å²) >= 11 is 0. The molecule has 0 saturated heterocycles. The van der Waals surface area contributed by atoms with Gasteiger partial charge in [-0.2, -0.15) is 0 Å². The molecule has 1 aromatic heterocycles. The zero-order valence-corrected chi connectivity index (χ0v) is 8.79. The SMILES string of the molecule is Cc1nc2n(c1C=O)CC(C)(C)NC2. The van der Waals surface area contributed by atoms with E-state index < -0.39 is 0 Å². The van der Waals surface area contributed by atoms with Crippen LogP contribution < -0.4 is 5.32 Å². The third-order valence-corrected chi connectivity index (χ3v) is 2.66. The van der Waals surface area contributed by atoms with Crippen molar-refractivity contribution in [3.05, 3.63) is 17.2 Å². The van der Waals surface area contributed by atoms with Crippen molar-refractivity contribution in [1.29, 1.82) is 0 Å². The van der Waals surface area contributed by atoms with Gasteiger partial charge >= 0.3 is 0 Å². The van der Waals surface area contributed by atoms with E-state index in [4.69, 9.17) is 0 Å². The summed E-state index contributed by atoms with van der Waals surface area (Å²) in [5.41, 5.74) is 1.59. The molecule has 76 valence electrons. The topological polar surface area (TPSA) is 46.9 Å². The molecule has 14 heavy (non-hydrogen) atoms. The van der Waals surface area contributed by atoms with Crippen molar-refractivity contribution in [3.8, 4) is 0 Å². The first-order chi connectivity index (χ1) is 6.53. The number of nitrogens with zero attached hydrogens (tertiary/aromatic N) is 2. The van der Waals surface area contributed by atoms with E-state index in [2.05, 4.69) is 24.1 Å². The molecule has 4 nitrogen and oxygen atoms in total. The maximum Gasteiger partial charge on any atom is 0.168 e. The van der Waals surface area contributed by atoms with Gasteiger partial charge in [-0.1, -0.05) is 0 Å². The third-order valence-electron chi connectivity index (χ3n) is 2.66. The number of aromatic nitrogens is 2. The molecule has 4 heteroatoms. The highest BCUT2D eigenvalue weighted by molar-refractivity contribution is 5.74. The molecule has 0 radical (unpaired) electrons. The van der Waals surface area contributed by atoms with Crippen LogP contribution in [0.1, 0.15) is 35.9 Å². The lowest BCUT2D eigenvalue weighted by molar-refractivity contribution is 0.111. The Morgan fingerprint density at radius 3 is 2.93 bits per heavy atom. The van der Waals surface area contributed by atoms with E-state index in [9.17, 15) is 4.79 Å². The minimum atomic E-state index is 0.0396. The van der Waals surface area contributed by atoms with Gasteiger partial charge in [0.25, 0.3) is 0 Å². The van der Waals surface area contributed by atoms with Crippen molar-refractivity contribution in [2.45, 2.75) is 39.4 Å². The van der Waals surface area contributed by atoms with Crippen molar-refractivity contribution < 1.29 is 4.79 Å². The van der Waals surface area contributed by atoms with Gasteiger partial charge in [0.2, 0.25) is 0 Å². The Kier molecular flexibility index (Phi) is 1.96. The minimum absolute atomic E-state index is 0.0396. The van der Waals surface area contributed by atoms with E-state index in [1.54, 1.807) is 0 Å². The quantitative estimate of drug-likeness (QED) is 0.674. The van der Waals surface area contributed by atoms with Crippen LogP contribution in [0.4, 0.5) is 0 Å². The molecular formula is C10H15N3O. The normalized spacial score (nSPS) is 19.1. The largest absolute Gasteiger partial charge is 0.323 e. The summed E-state index contributed by atoms with van der Waals surface area (Å²) in [6, 6.07) is 0. The van der Waals surface area contributed by atoms with Crippen molar-refractivity contribution in [1.82, 2.24) is 14.9 Å². The van der Waals surface area contributed by atoms with Crippen LogP contribution in [-0.4, -0.2) is 21.4 Å². The molecule has 2 heterocycles. The molecule has 2 rings (SSSR count). The number of aryl methyl sites for hydroxylation is 1. The van der Waals surface area contributed by atoms with Crippen LogP contribution >= 0.6 is 0 Å². The average Bonchev–Trinajstić information content (AvgIpc) is 2.39. The number of hydrogen-bond acceptors (Lipinski definition) is 3. The number of hydrogen-bond donors (Lipinski definition) is 1. The summed E-state index contributed by atoms with van der Waals surface area (Å²) in [4.78, 5) is 15.2. The van der Waals surface area contributed by atoms with E-state index in [0.29, 0.717) is 0 Å². The van der Waals surface area contributed by atoms with Crippen LogP contribution in [0.15, 0.2) is 0 Å². The van der Waals surface area contributed by atoms with Gasteiger partial charge in [-0.3, -0.25) is 4.79 Å². The van der Waals surface area contributed by atoms with Crippen LogP contribution in [0, 0.1) is 6.92 Å². The predicted molar refractivity (Wildman–Crippen MR) is 53.3 cm³/mol.